The molecule has 10 nitrogen and oxygen atoms in total. The number of aromatic nitrogens is 6. The van der Waals surface area contributed by atoms with Crippen molar-refractivity contribution in [2.75, 3.05) is 20.8 Å². The van der Waals surface area contributed by atoms with Gasteiger partial charge in [0.1, 0.15) is 12.1 Å². The predicted octanol–water partition coefficient (Wildman–Crippen LogP) is 3.59. The van der Waals surface area contributed by atoms with E-state index in [-0.39, 0.29) is 6.10 Å². The third kappa shape index (κ3) is 3.88. The highest BCUT2D eigenvalue weighted by Gasteiger charge is 2.27. The maximum absolute atomic E-state index is 6.25. The molecular weight excluding hydrogens is 448 g/mol. The van der Waals surface area contributed by atoms with Crippen molar-refractivity contribution in [3.8, 4) is 28.8 Å². The second-order valence-electron chi connectivity index (χ2n) is 8.04. The van der Waals surface area contributed by atoms with Crippen LogP contribution in [0.1, 0.15) is 17.2 Å². The summed E-state index contributed by atoms with van der Waals surface area (Å²) in [6, 6.07) is 11.5. The second-order valence-corrected chi connectivity index (χ2v) is 8.04. The Morgan fingerprint density at radius 2 is 2.00 bits per heavy atom. The van der Waals surface area contributed by atoms with Gasteiger partial charge >= 0.3 is 0 Å². The van der Waals surface area contributed by atoms with Crippen LogP contribution in [0.15, 0.2) is 67.5 Å². The van der Waals surface area contributed by atoms with Gasteiger partial charge in [-0.2, -0.15) is 5.10 Å². The zero-order valence-electron chi connectivity index (χ0n) is 19.2. The van der Waals surface area contributed by atoms with Crippen LogP contribution >= 0.6 is 0 Å². The molecule has 0 aliphatic carbocycles. The fourth-order valence-corrected chi connectivity index (χ4v) is 4.10. The van der Waals surface area contributed by atoms with Gasteiger partial charge in [-0.15, -0.1) is 0 Å². The van der Waals surface area contributed by atoms with E-state index in [0.717, 1.165) is 28.0 Å². The molecule has 0 spiro atoms. The summed E-state index contributed by atoms with van der Waals surface area (Å²) in [6.07, 6.45) is 8.59. The van der Waals surface area contributed by atoms with E-state index in [0.29, 0.717) is 36.3 Å². The van der Waals surface area contributed by atoms with Crippen LogP contribution in [0.25, 0.3) is 16.9 Å². The molecule has 0 fully saturated rings. The molecule has 1 aromatic carbocycles. The zero-order chi connectivity index (χ0) is 23.8. The van der Waals surface area contributed by atoms with E-state index in [4.69, 9.17) is 18.9 Å². The van der Waals surface area contributed by atoms with E-state index < -0.39 is 0 Å². The van der Waals surface area contributed by atoms with Gasteiger partial charge < -0.3 is 23.5 Å². The summed E-state index contributed by atoms with van der Waals surface area (Å²) in [4.78, 5) is 13.4. The molecule has 1 unspecified atom stereocenters. The summed E-state index contributed by atoms with van der Waals surface area (Å²) in [5, 5.41) is 4.25. The van der Waals surface area contributed by atoms with Crippen LogP contribution in [0.5, 0.6) is 23.1 Å². The Balaban J connectivity index is 1.26. The Morgan fingerprint density at radius 1 is 1.06 bits per heavy atom. The lowest BCUT2D eigenvalue weighted by Gasteiger charge is -2.28. The Hall–Kier alpha value is -4.60. The van der Waals surface area contributed by atoms with Gasteiger partial charge in [0, 0.05) is 30.2 Å². The average Bonchev–Trinajstić information content (AvgIpc) is 3.58. The van der Waals surface area contributed by atoms with Crippen molar-refractivity contribution >= 4 is 11.2 Å². The van der Waals surface area contributed by atoms with Crippen molar-refractivity contribution in [2.45, 2.75) is 12.6 Å². The quantitative estimate of drug-likeness (QED) is 0.371. The molecule has 0 amide bonds. The molecule has 4 aromatic heterocycles. The third-order valence-electron chi connectivity index (χ3n) is 5.85. The molecule has 5 heterocycles. The first-order chi connectivity index (χ1) is 17.2. The molecule has 6 rings (SSSR count). The number of nitrogens with zero attached hydrogens (tertiary/aromatic N) is 6. The van der Waals surface area contributed by atoms with Crippen LogP contribution in [0, 0.1) is 0 Å². The van der Waals surface area contributed by atoms with E-state index in [1.807, 2.05) is 41.1 Å². The number of hydrogen-bond donors (Lipinski definition) is 0. The smallest absolute Gasteiger partial charge is 0.212 e. The first-order valence-electron chi connectivity index (χ1n) is 11.0. The monoisotopic (exact) mass is 470 g/mol. The number of fused-ring (bicyclic) bond motifs is 2. The highest BCUT2D eigenvalue weighted by Crippen LogP contribution is 2.44. The van der Waals surface area contributed by atoms with E-state index in [9.17, 15) is 0 Å². The van der Waals surface area contributed by atoms with Gasteiger partial charge in [-0.1, -0.05) is 0 Å². The van der Waals surface area contributed by atoms with E-state index in [1.165, 1.54) is 0 Å². The lowest BCUT2D eigenvalue weighted by Crippen LogP contribution is -2.22. The number of pyridine rings is 2. The van der Waals surface area contributed by atoms with Gasteiger partial charge in [0.15, 0.2) is 23.3 Å². The van der Waals surface area contributed by atoms with Gasteiger partial charge in [0.05, 0.1) is 39.0 Å². The first-order valence-corrected chi connectivity index (χ1v) is 11.0. The van der Waals surface area contributed by atoms with Gasteiger partial charge in [0.2, 0.25) is 11.6 Å². The van der Waals surface area contributed by atoms with Gasteiger partial charge in [-0.25, -0.2) is 19.6 Å². The lowest BCUT2D eigenvalue weighted by atomic mass is 10.1. The van der Waals surface area contributed by atoms with Crippen LogP contribution in [0.2, 0.25) is 0 Å². The topological polar surface area (TPSA) is 98.3 Å². The van der Waals surface area contributed by atoms with Crippen molar-refractivity contribution in [1.29, 1.82) is 0 Å². The normalized spacial score (nSPS) is 14.7. The number of imidazole rings is 1. The molecule has 0 saturated carbocycles. The molecular formula is C25H22N6O4. The second kappa shape index (κ2) is 8.64. The Morgan fingerprint density at radius 3 is 2.77 bits per heavy atom. The molecule has 10 heteroatoms. The maximum Gasteiger partial charge on any atom is 0.212 e. The standard InChI is InChI=1S/C25H22N6O4/c1-32-20-8-16(9-21-24(20)35-22(14-34-21)17-4-5-23(33-2)26-11-17)13-30-15-28-19-10-18(12-27-25(19)30)31-7-3-6-29-31/h3-12,15,22H,13-14H2,1-2H3. The van der Waals surface area contributed by atoms with Crippen LogP contribution in [0.3, 0.4) is 0 Å². The number of rotatable bonds is 6. The largest absolute Gasteiger partial charge is 0.493 e. The molecule has 0 saturated heterocycles. The number of hydrogen-bond acceptors (Lipinski definition) is 8. The van der Waals surface area contributed by atoms with Crippen LogP contribution in [-0.4, -0.2) is 50.1 Å². The highest BCUT2D eigenvalue weighted by atomic mass is 16.6. The molecule has 1 aliphatic heterocycles. The molecule has 5 aromatic rings. The third-order valence-corrected chi connectivity index (χ3v) is 5.85. The summed E-state index contributed by atoms with van der Waals surface area (Å²) >= 11 is 0. The Labute approximate surface area is 200 Å². The first kappa shape index (κ1) is 21.0. The van der Waals surface area contributed by atoms with Crippen LogP contribution in [-0.2, 0) is 6.54 Å². The maximum atomic E-state index is 6.25. The molecule has 0 radical (unpaired) electrons. The van der Waals surface area contributed by atoms with Crippen molar-refractivity contribution in [3.05, 3.63) is 78.6 Å². The molecule has 1 aliphatic rings. The van der Waals surface area contributed by atoms with E-state index >= 15 is 0 Å². The van der Waals surface area contributed by atoms with Gasteiger partial charge in [-0.3, -0.25) is 0 Å². The molecule has 0 N–H and O–H groups in total. The van der Waals surface area contributed by atoms with Gasteiger partial charge in [-0.05, 0) is 35.9 Å². The molecule has 176 valence electrons. The Bertz CT molecular complexity index is 1460. The Kier molecular flexibility index (Phi) is 5.17. The summed E-state index contributed by atoms with van der Waals surface area (Å²) in [5.41, 5.74) is 4.30. The number of ether oxygens (including phenoxy) is 4. The minimum atomic E-state index is -0.300. The molecule has 35 heavy (non-hydrogen) atoms. The fraction of sp³-hybridized carbons (Fsp3) is 0.200. The van der Waals surface area contributed by atoms with E-state index in [2.05, 4.69) is 20.1 Å². The van der Waals surface area contributed by atoms with Crippen LogP contribution in [0.4, 0.5) is 0 Å². The van der Waals surface area contributed by atoms with Crippen molar-refractivity contribution < 1.29 is 18.9 Å². The molecule has 0 bridgehead atoms. The lowest BCUT2D eigenvalue weighted by molar-refractivity contribution is 0.0867. The average molecular weight is 470 g/mol. The van der Waals surface area contributed by atoms with Gasteiger partial charge in [0.25, 0.3) is 0 Å². The summed E-state index contributed by atoms with van der Waals surface area (Å²) < 4.78 is 26.9. The highest BCUT2D eigenvalue weighted by molar-refractivity contribution is 5.73. The van der Waals surface area contributed by atoms with Crippen LogP contribution < -0.4 is 18.9 Å². The predicted molar refractivity (Wildman–Crippen MR) is 126 cm³/mol. The van der Waals surface area contributed by atoms with Crippen molar-refractivity contribution in [2.24, 2.45) is 0 Å². The minimum absolute atomic E-state index is 0.300. The summed E-state index contributed by atoms with van der Waals surface area (Å²) in [5.74, 6) is 2.35. The number of benzene rings is 1. The summed E-state index contributed by atoms with van der Waals surface area (Å²) in [6.45, 7) is 0.906. The van der Waals surface area contributed by atoms with E-state index in [1.54, 1.807) is 49.9 Å². The minimum Gasteiger partial charge on any atom is -0.493 e. The zero-order valence-corrected chi connectivity index (χ0v) is 19.2. The summed E-state index contributed by atoms with van der Waals surface area (Å²) in [7, 11) is 3.20. The SMILES string of the molecule is COc1ccc(C2COc3cc(Cn4cnc5cc(-n6cccn6)cnc54)cc(OC)c3O2)cn1. The fourth-order valence-electron chi connectivity index (χ4n) is 4.10. The van der Waals surface area contributed by atoms with Crippen molar-refractivity contribution in [3.63, 3.8) is 0 Å². The molecule has 1 atom stereocenters. The van der Waals surface area contributed by atoms with Crippen molar-refractivity contribution in [1.82, 2.24) is 29.3 Å². The number of methoxy groups -OCH3 is 2.